The molecule has 0 aromatic carbocycles. The second-order valence-electron chi connectivity index (χ2n) is 8.30. The maximum atomic E-state index is 14.9. The molecule has 1 amide bonds. The van der Waals surface area contributed by atoms with E-state index < -0.39 is 17.5 Å². The summed E-state index contributed by atoms with van der Waals surface area (Å²) in [5, 5.41) is 10.2. The van der Waals surface area contributed by atoms with Gasteiger partial charge in [-0.2, -0.15) is 11.3 Å². The number of amides is 1. The monoisotopic (exact) mass is 629 g/mol. The fourth-order valence-electron chi connectivity index (χ4n) is 4.36. The second-order valence-corrected chi connectivity index (χ2v) is 10.8. The van der Waals surface area contributed by atoms with Crippen LogP contribution in [0, 0.1) is 17.5 Å². The molecule has 0 saturated heterocycles. The molecular weight excluding hydrogens is 610 g/mol. The molecule has 1 aliphatic carbocycles. The van der Waals surface area contributed by atoms with Gasteiger partial charge in [0.05, 0.1) is 6.20 Å². The molecule has 35 heavy (non-hydrogen) atoms. The number of anilines is 1. The van der Waals surface area contributed by atoms with E-state index >= 15 is 0 Å². The van der Waals surface area contributed by atoms with Gasteiger partial charge in [0.1, 0.15) is 11.5 Å². The number of fused-ring (bicyclic) bond motifs is 1. The fourth-order valence-corrected chi connectivity index (χ4v) is 6.25. The van der Waals surface area contributed by atoms with Gasteiger partial charge in [-0.25, -0.2) is 23.1 Å². The van der Waals surface area contributed by atoms with Gasteiger partial charge in [0, 0.05) is 76.6 Å². The van der Waals surface area contributed by atoms with Crippen LogP contribution in [0.2, 0.25) is 0 Å². The van der Waals surface area contributed by atoms with E-state index in [-0.39, 0.29) is 29.5 Å². The Morgan fingerprint density at radius 3 is 2.80 bits per heavy atom. The quantitative estimate of drug-likeness (QED) is 0.236. The van der Waals surface area contributed by atoms with Crippen molar-refractivity contribution in [3.8, 4) is 11.3 Å². The van der Waals surface area contributed by atoms with Crippen LogP contribution in [0.5, 0.6) is 0 Å². The van der Waals surface area contributed by atoms with Crippen LogP contribution in [0.3, 0.4) is 0 Å². The van der Waals surface area contributed by atoms with Crippen molar-refractivity contribution in [2.24, 2.45) is 0 Å². The van der Waals surface area contributed by atoms with Gasteiger partial charge >= 0.3 is 0 Å². The van der Waals surface area contributed by atoms with Crippen molar-refractivity contribution in [2.75, 3.05) is 5.32 Å². The third-order valence-corrected chi connectivity index (χ3v) is 8.35. The Kier molecular flexibility index (Phi) is 7.21. The van der Waals surface area contributed by atoms with E-state index in [2.05, 4.69) is 20.6 Å². The summed E-state index contributed by atoms with van der Waals surface area (Å²) >= 11 is 3.50. The van der Waals surface area contributed by atoms with Gasteiger partial charge in [0.2, 0.25) is 0 Å². The third kappa shape index (κ3) is 5.14. The van der Waals surface area contributed by atoms with Crippen molar-refractivity contribution >= 4 is 64.4 Å². The van der Waals surface area contributed by atoms with E-state index in [1.807, 2.05) is 26.6 Å². The van der Waals surface area contributed by atoms with Crippen LogP contribution in [0.1, 0.15) is 36.0 Å². The predicted molar refractivity (Wildman–Crippen MR) is 141 cm³/mol. The fraction of sp³-hybridized carbons (Fsp3) is 0.261. The lowest BCUT2D eigenvalue weighted by molar-refractivity contribution is 0.0927. The first kappa shape index (κ1) is 24.4. The van der Waals surface area contributed by atoms with Crippen molar-refractivity contribution in [1.29, 1.82) is 0 Å². The molecule has 2 atom stereocenters. The maximum absolute atomic E-state index is 14.9. The van der Waals surface area contributed by atoms with E-state index in [9.17, 15) is 18.0 Å². The van der Waals surface area contributed by atoms with E-state index in [0.717, 1.165) is 31.5 Å². The average molecular weight is 629 g/mol. The van der Waals surface area contributed by atoms with E-state index in [4.69, 9.17) is 0 Å². The zero-order chi connectivity index (χ0) is 24.5. The molecule has 2 unspecified atom stereocenters. The second kappa shape index (κ2) is 10.3. The van der Waals surface area contributed by atoms with Crippen LogP contribution in [0.4, 0.5) is 19.0 Å². The molecule has 12 heteroatoms. The zero-order valence-electron chi connectivity index (χ0n) is 18.1. The molecule has 182 valence electrons. The Morgan fingerprint density at radius 1 is 1.20 bits per heavy atom. The van der Waals surface area contributed by atoms with Gasteiger partial charge in [-0.1, -0.05) is 0 Å². The third-order valence-electron chi connectivity index (χ3n) is 5.97. The van der Waals surface area contributed by atoms with Crippen molar-refractivity contribution < 1.29 is 18.0 Å². The number of hydrogen-bond donors (Lipinski definition) is 2. The van der Waals surface area contributed by atoms with Gasteiger partial charge in [-0.15, -0.1) is 0 Å². The Hall–Kier alpha value is -2.32. The normalized spacial score (nSPS) is 18.1. The molecule has 0 bridgehead atoms. The number of thiophene rings is 1. The number of pyridine rings is 2. The molecule has 0 aliphatic heterocycles. The molecule has 0 radical (unpaired) electrons. The number of nitrogens with one attached hydrogen (secondary N) is 2. The Bertz CT molecular complexity index is 1380. The average Bonchev–Trinajstić information content (AvgIpc) is 3.49. The van der Waals surface area contributed by atoms with Gasteiger partial charge in [-0.3, -0.25) is 8.77 Å². The summed E-state index contributed by atoms with van der Waals surface area (Å²) < 4.78 is 45.2. The molecule has 6 nitrogen and oxygen atoms in total. The summed E-state index contributed by atoms with van der Waals surface area (Å²) in [6, 6.07) is 3.61. The highest BCUT2D eigenvalue weighted by Gasteiger charge is 2.26. The summed E-state index contributed by atoms with van der Waals surface area (Å²) in [4.78, 5) is 20.8. The van der Waals surface area contributed by atoms with Crippen LogP contribution in [-0.4, -0.2) is 31.9 Å². The van der Waals surface area contributed by atoms with Crippen LogP contribution >= 0.6 is 41.7 Å². The summed E-state index contributed by atoms with van der Waals surface area (Å²) in [7, 11) is 1.29. The Morgan fingerprint density at radius 2 is 2.03 bits per heavy atom. The Balaban J connectivity index is 1.40. The number of halogens is 4. The highest BCUT2D eigenvalue weighted by atomic mass is 127. The molecule has 1 aliphatic rings. The molecule has 0 spiro atoms. The van der Waals surface area contributed by atoms with Crippen LogP contribution in [0.25, 0.3) is 22.3 Å². The summed E-state index contributed by atoms with van der Waals surface area (Å²) in [6.07, 6.45) is 5.71. The number of carbonyl (C=O) groups excluding carboxylic acids is 1. The first-order chi connectivity index (χ1) is 16.9. The molecule has 1 saturated carbocycles. The van der Waals surface area contributed by atoms with Crippen LogP contribution in [0.15, 0.2) is 41.4 Å². The van der Waals surface area contributed by atoms with Gasteiger partial charge in [0.25, 0.3) is 5.91 Å². The standard InChI is InChI=1S/C23H19F3IN5OS2/c24-13-6-16-17(10-32(35-27)22(16)28-9-13)20-18(25)8-19(26)21(31-20)29-14-2-1-3-15(7-14)30-23(33)12-4-5-34-11-12/h4-6,8-11,14-15H,1-3,7H2,(H,29,31)(H,30,33). The van der Waals surface area contributed by atoms with Crippen molar-refractivity contribution in [1.82, 2.24) is 19.3 Å². The highest BCUT2D eigenvalue weighted by molar-refractivity contribution is 14.2. The molecule has 2 N–H and O–H groups in total. The van der Waals surface area contributed by atoms with Gasteiger partial charge in [0.15, 0.2) is 23.1 Å². The lowest BCUT2D eigenvalue weighted by Crippen LogP contribution is -2.41. The number of hydrogen-bond acceptors (Lipinski definition) is 6. The number of aromatic nitrogens is 3. The van der Waals surface area contributed by atoms with Crippen molar-refractivity contribution in [3.05, 3.63) is 64.4 Å². The van der Waals surface area contributed by atoms with E-state index in [1.54, 1.807) is 21.6 Å². The predicted octanol–water partition coefficient (Wildman–Crippen LogP) is 6.58. The summed E-state index contributed by atoms with van der Waals surface area (Å²) in [6.45, 7) is 0. The van der Waals surface area contributed by atoms with E-state index in [0.29, 0.717) is 28.6 Å². The first-order valence-electron chi connectivity index (χ1n) is 10.8. The molecule has 4 aromatic rings. The molecule has 1 fully saturated rings. The molecular formula is C23H19F3IN5OS2. The molecule has 4 heterocycles. The number of carbonyl (C=O) groups is 1. The molecule has 4 aromatic heterocycles. The van der Waals surface area contributed by atoms with Crippen LogP contribution < -0.4 is 10.6 Å². The zero-order valence-corrected chi connectivity index (χ0v) is 21.9. The smallest absolute Gasteiger partial charge is 0.252 e. The van der Waals surface area contributed by atoms with Crippen molar-refractivity contribution in [2.45, 2.75) is 37.8 Å². The van der Waals surface area contributed by atoms with E-state index in [1.165, 1.54) is 26.5 Å². The van der Waals surface area contributed by atoms with Crippen LogP contribution in [-0.2, 0) is 0 Å². The molecule has 5 rings (SSSR count). The minimum atomic E-state index is -0.848. The number of nitrogens with zero attached hydrogens (tertiary/aromatic N) is 3. The topological polar surface area (TPSA) is 71.8 Å². The summed E-state index contributed by atoms with van der Waals surface area (Å²) in [5.74, 6) is -2.43. The van der Waals surface area contributed by atoms with Gasteiger partial charge in [-0.05, 0) is 43.2 Å². The minimum absolute atomic E-state index is 0.0654. The van der Waals surface area contributed by atoms with Crippen molar-refractivity contribution in [3.63, 3.8) is 0 Å². The number of rotatable bonds is 6. The SMILES string of the molecule is O=C(NC1CCCC(Nc2nc(-c3cn(SI)c4ncc(F)cc34)c(F)cc2F)C1)c1ccsc1. The lowest BCUT2D eigenvalue weighted by Gasteiger charge is -2.30. The lowest BCUT2D eigenvalue weighted by atomic mass is 9.90. The minimum Gasteiger partial charge on any atom is -0.365 e. The van der Waals surface area contributed by atoms with Gasteiger partial charge < -0.3 is 10.6 Å². The maximum Gasteiger partial charge on any atom is 0.252 e. The summed E-state index contributed by atoms with van der Waals surface area (Å²) in [5.41, 5.74) is 1.31. The Labute approximate surface area is 219 Å². The largest absolute Gasteiger partial charge is 0.365 e. The first-order valence-corrected chi connectivity index (χ1v) is 15.1. The highest BCUT2D eigenvalue weighted by Crippen LogP contribution is 2.36.